The molecule has 0 aromatic heterocycles. The van der Waals surface area contributed by atoms with Crippen molar-refractivity contribution in [1.29, 1.82) is 0 Å². The number of alkyl halides is 1. The van der Waals surface area contributed by atoms with E-state index >= 15 is 0 Å². The highest BCUT2D eigenvalue weighted by Crippen LogP contribution is 2.35. The lowest BCUT2D eigenvalue weighted by Gasteiger charge is -2.24. The Morgan fingerprint density at radius 1 is 1.53 bits per heavy atom. The van der Waals surface area contributed by atoms with Crippen LogP contribution in [0.5, 0.6) is 0 Å². The normalized spacial score (nSPS) is 18.6. The molecule has 0 aliphatic heterocycles. The smallest absolute Gasteiger partial charge is 0.408 e. The number of carboxylic acid groups (broad SMARTS) is 1. The number of hydrogen-bond acceptors (Lipinski definition) is 1. The van der Waals surface area contributed by atoms with Gasteiger partial charge in [-0.15, -0.1) is 11.6 Å². The summed E-state index contributed by atoms with van der Waals surface area (Å²) >= 11 is 5.65. The van der Waals surface area contributed by atoms with Gasteiger partial charge in [0.2, 0.25) is 0 Å². The van der Waals surface area contributed by atoms with Gasteiger partial charge in [-0.2, -0.15) is 0 Å². The second kappa shape index (κ2) is 4.11. The third kappa shape index (κ3) is 1.79. The van der Waals surface area contributed by atoms with Crippen LogP contribution in [0.25, 0.3) is 0 Å². The van der Waals surface area contributed by atoms with Crippen molar-refractivity contribution in [2.45, 2.75) is 18.9 Å². The Morgan fingerprint density at radius 3 is 2.93 bits per heavy atom. The van der Waals surface area contributed by atoms with Crippen LogP contribution in [0, 0.1) is 0 Å². The molecule has 1 amide bonds. The van der Waals surface area contributed by atoms with Gasteiger partial charge in [0, 0.05) is 0 Å². The van der Waals surface area contributed by atoms with Crippen LogP contribution in [-0.2, 0) is 6.42 Å². The first kappa shape index (κ1) is 10.3. The van der Waals surface area contributed by atoms with E-state index in [1.807, 2.05) is 24.3 Å². The zero-order chi connectivity index (χ0) is 10.8. The SMILES string of the molecule is O=C(O)N(CCl)C1CCc2ccccc21. The van der Waals surface area contributed by atoms with Crippen LogP contribution in [-0.4, -0.2) is 22.1 Å². The van der Waals surface area contributed by atoms with Gasteiger partial charge in [0.05, 0.1) is 12.0 Å². The minimum atomic E-state index is -0.952. The fourth-order valence-electron chi connectivity index (χ4n) is 2.13. The van der Waals surface area contributed by atoms with Crippen molar-refractivity contribution < 1.29 is 9.90 Å². The highest BCUT2D eigenvalue weighted by Gasteiger charge is 2.29. The minimum Gasteiger partial charge on any atom is -0.465 e. The lowest BCUT2D eigenvalue weighted by Crippen LogP contribution is -2.31. The maximum absolute atomic E-state index is 11.0. The maximum atomic E-state index is 11.0. The summed E-state index contributed by atoms with van der Waals surface area (Å²) in [6.07, 6.45) is 0.812. The fourth-order valence-corrected chi connectivity index (χ4v) is 2.39. The number of hydrogen-bond donors (Lipinski definition) is 1. The first-order valence-electron chi connectivity index (χ1n) is 4.87. The predicted octanol–water partition coefficient (Wildman–Crippen LogP) is 2.85. The molecule has 1 aliphatic carbocycles. The Morgan fingerprint density at radius 2 is 2.27 bits per heavy atom. The molecule has 1 atom stereocenters. The number of aryl methyl sites for hydroxylation is 1. The molecule has 0 spiro atoms. The summed E-state index contributed by atoms with van der Waals surface area (Å²) in [5.41, 5.74) is 2.33. The van der Waals surface area contributed by atoms with Gasteiger partial charge in [-0.3, -0.25) is 4.90 Å². The molecule has 0 bridgehead atoms. The number of nitrogens with zero attached hydrogens (tertiary/aromatic N) is 1. The average molecular weight is 226 g/mol. The third-order valence-electron chi connectivity index (χ3n) is 2.85. The van der Waals surface area contributed by atoms with Gasteiger partial charge in [-0.25, -0.2) is 4.79 Å². The van der Waals surface area contributed by atoms with Crippen LogP contribution < -0.4 is 0 Å². The van der Waals surface area contributed by atoms with Gasteiger partial charge in [0.15, 0.2) is 0 Å². The summed E-state index contributed by atoms with van der Waals surface area (Å²) in [6, 6.07) is 7.89. The first-order chi connectivity index (χ1) is 7.24. The van der Waals surface area contributed by atoms with Crippen molar-refractivity contribution in [3.05, 3.63) is 35.4 Å². The number of fused-ring (bicyclic) bond motifs is 1. The van der Waals surface area contributed by atoms with Gasteiger partial charge in [0.25, 0.3) is 0 Å². The molecular formula is C11H12ClNO2. The van der Waals surface area contributed by atoms with Crippen LogP contribution >= 0.6 is 11.6 Å². The molecule has 1 unspecified atom stereocenters. The van der Waals surface area contributed by atoms with Crippen molar-refractivity contribution in [3.63, 3.8) is 0 Å². The van der Waals surface area contributed by atoms with E-state index in [1.165, 1.54) is 10.5 Å². The van der Waals surface area contributed by atoms with Crippen LogP contribution in [0.4, 0.5) is 4.79 Å². The molecule has 1 aromatic carbocycles. The van der Waals surface area contributed by atoms with Crippen LogP contribution in [0.1, 0.15) is 23.6 Å². The van der Waals surface area contributed by atoms with Gasteiger partial charge < -0.3 is 5.11 Å². The summed E-state index contributed by atoms with van der Waals surface area (Å²) in [5.74, 6) is 0. The molecule has 0 radical (unpaired) electrons. The van der Waals surface area contributed by atoms with E-state index in [9.17, 15) is 4.79 Å². The molecule has 4 heteroatoms. The topological polar surface area (TPSA) is 40.5 Å². The van der Waals surface area contributed by atoms with E-state index in [2.05, 4.69) is 0 Å². The molecule has 1 aliphatic rings. The number of carbonyl (C=O) groups is 1. The Hall–Kier alpha value is -1.22. The van der Waals surface area contributed by atoms with E-state index in [1.54, 1.807) is 0 Å². The third-order valence-corrected chi connectivity index (χ3v) is 3.11. The van der Waals surface area contributed by atoms with E-state index in [4.69, 9.17) is 16.7 Å². The summed E-state index contributed by atoms with van der Waals surface area (Å²) in [4.78, 5) is 12.3. The van der Waals surface area contributed by atoms with Crippen molar-refractivity contribution in [2.24, 2.45) is 0 Å². The van der Waals surface area contributed by atoms with Gasteiger partial charge in [0.1, 0.15) is 0 Å². The molecule has 0 heterocycles. The van der Waals surface area contributed by atoms with Crippen LogP contribution in [0.3, 0.4) is 0 Å². The molecule has 0 fully saturated rings. The quantitative estimate of drug-likeness (QED) is 0.621. The molecule has 3 nitrogen and oxygen atoms in total. The average Bonchev–Trinajstić information content (AvgIpc) is 2.63. The zero-order valence-corrected chi connectivity index (χ0v) is 8.94. The molecule has 15 heavy (non-hydrogen) atoms. The molecule has 80 valence electrons. The van der Waals surface area contributed by atoms with E-state index in [-0.39, 0.29) is 12.0 Å². The van der Waals surface area contributed by atoms with Crippen molar-refractivity contribution in [2.75, 3.05) is 6.00 Å². The van der Waals surface area contributed by atoms with Crippen molar-refractivity contribution in [3.8, 4) is 0 Å². The minimum absolute atomic E-state index is 0.0222. The Kier molecular flexibility index (Phi) is 2.82. The van der Waals surface area contributed by atoms with Crippen LogP contribution in [0.15, 0.2) is 24.3 Å². The summed E-state index contributed by atoms with van der Waals surface area (Å²) < 4.78 is 0. The Bertz CT molecular complexity index is 381. The monoisotopic (exact) mass is 225 g/mol. The molecule has 0 saturated carbocycles. The van der Waals surface area contributed by atoms with E-state index in [0.29, 0.717) is 0 Å². The second-order valence-corrected chi connectivity index (χ2v) is 3.86. The number of benzene rings is 1. The summed E-state index contributed by atoms with van der Waals surface area (Å²) in [7, 11) is 0. The lowest BCUT2D eigenvalue weighted by molar-refractivity contribution is 0.134. The number of amides is 1. The Labute approximate surface area is 93.3 Å². The molecule has 1 N–H and O–H groups in total. The fraction of sp³-hybridized carbons (Fsp3) is 0.364. The lowest BCUT2D eigenvalue weighted by atomic mass is 10.1. The largest absolute Gasteiger partial charge is 0.465 e. The van der Waals surface area contributed by atoms with Crippen molar-refractivity contribution in [1.82, 2.24) is 4.90 Å². The summed E-state index contributed by atoms with van der Waals surface area (Å²) in [6.45, 7) is 0. The number of halogens is 1. The first-order valence-corrected chi connectivity index (χ1v) is 5.41. The number of rotatable bonds is 2. The second-order valence-electron chi connectivity index (χ2n) is 3.63. The van der Waals surface area contributed by atoms with Crippen LogP contribution in [0.2, 0.25) is 0 Å². The van der Waals surface area contributed by atoms with Gasteiger partial charge in [-0.05, 0) is 24.0 Å². The molecule has 0 saturated heterocycles. The van der Waals surface area contributed by atoms with Gasteiger partial charge >= 0.3 is 6.09 Å². The van der Waals surface area contributed by atoms with E-state index < -0.39 is 6.09 Å². The van der Waals surface area contributed by atoms with Gasteiger partial charge in [-0.1, -0.05) is 24.3 Å². The van der Waals surface area contributed by atoms with E-state index in [0.717, 1.165) is 18.4 Å². The Balaban J connectivity index is 2.30. The highest BCUT2D eigenvalue weighted by atomic mass is 35.5. The standard InChI is InChI=1S/C11H12ClNO2/c12-7-13(11(14)15)10-6-5-8-3-1-2-4-9(8)10/h1-4,10H,5-7H2,(H,14,15). The molecule has 1 aromatic rings. The summed E-state index contributed by atoms with van der Waals surface area (Å²) in [5, 5.41) is 9.00. The zero-order valence-electron chi connectivity index (χ0n) is 8.19. The molecular weight excluding hydrogens is 214 g/mol. The predicted molar refractivity (Wildman–Crippen MR) is 58.1 cm³/mol. The maximum Gasteiger partial charge on any atom is 0.408 e. The van der Waals surface area contributed by atoms with Crippen molar-refractivity contribution >= 4 is 17.7 Å². The molecule has 2 rings (SSSR count). The highest BCUT2D eigenvalue weighted by molar-refractivity contribution is 6.18.